The summed E-state index contributed by atoms with van der Waals surface area (Å²) in [6.07, 6.45) is -3.05. The first kappa shape index (κ1) is 9.98. The Labute approximate surface area is 85.2 Å². The van der Waals surface area contributed by atoms with Crippen molar-refractivity contribution < 1.29 is 13.9 Å². The van der Waals surface area contributed by atoms with Gasteiger partial charge < -0.3 is 5.11 Å². The summed E-state index contributed by atoms with van der Waals surface area (Å²) in [5.74, 6) is 0. The number of benzene rings is 1. The number of aromatic nitrogens is 1. The zero-order valence-corrected chi connectivity index (χ0v) is 7.77. The lowest BCUT2D eigenvalue weighted by Gasteiger charge is -2.11. The van der Waals surface area contributed by atoms with Crippen LogP contribution in [0.15, 0.2) is 36.5 Å². The maximum absolute atomic E-state index is 12.4. The fourth-order valence-electron chi connectivity index (χ4n) is 1.50. The van der Waals surface area contributed by atoms with Crippen molar-refractivity contribution in [3.05, 3.63) is 42.1 Å². The van der Waals surface area contributed by atoms with Gasteiger partial charge in [0.1, 0.15) is 6.10 Å². The molecule has 1 heterocycles. The van der Waals surface area contributed by atoms with Gasteiger partial charge in [0.25, 0.3) is 6.43 Å². The molecule has 2 aromatic rings. The molecule has 15 heavy (non-hydrogen) atoms. The van der Waals surface area contributed by atoms with E-state index in [1.807, 2.05) is 0 Å². The summed E-state index contributed by atoms with van der Waals surface area (Å²) in [5, 5.41) is 10.1. The molecule has 0 radical (unpaired) electrons. The largest absolute Gasteiger partial charge is 0.382 e. The van der Waals surface area contributed by atoms with Gasteiger partial charge in [-0.25, -0.2) is 8.78 Å². The molecule has 0 spiro atoms. The maximum Gasteiger partial charge on any atom is 0.268 e. The van der Waals surface area contributed by atoms with Crippen LogP contribution in [0.3, 0.4) is 0 Å². The van der Waals surface area contributed by atoms with E-state index in [0.717, 1.165) is 5.39 Å². The molecular weight excluding hydrogens is 200 g/mol. The number of hydrogen-bond acceptors (Lipinski definition) is 2. The Hall–Kier alpha value is -1.55. The van der Waals surface area contributed by atoms with Gasteiger partial charge in [-0.05, 0) is 6.07 Å². The molecule has 0 fully saturated rings. The Morgan fingerprint density at radius 3 is 2.60 bits per heavy atom. The Morgan fingerprint density at radius 1 is 1.13 bits per heavy atom. The van der Waals surface area contributed by atoms with E-state index in [4.69, 9.17) is 0 Å². The lowest BCUT2D eigenvalue weighted by atomic mass is 10.1. The van der Waals surface area contributed by atoms with Gasteiger partial charge in [0.05, 0.1) is 5.52 Å². The normalized spacial score (nSPS) is 13.3. The van der Waals surface area contributed by atoms with E-state index < -0.39 is 12.5 Å². The zero-order chi connectivity index (χ0) is 10.8. The lowest BCUT2D eigenvalue weighted by molar-refractivity contribution is -0.00504. The molecule has 0 saturated heterocycles. The average Bonchev–Trinajstić information content (AvgIpc) is 2.27. The van der Waals surface area contributed by atoms with Crippen LogP contribution in [0.1, 0.15) is 11.7 Å². The molecule has 0 aliphatic heterocycles. The van der Waals surface area contributed by atoms with Gasteiger partial charge in [-0.2, -0.15) is 0 Å². The van der Waals surface area contributed by atoms with Crippen molar-refractivity contribution in [2.24, 2.45) is 0 Å². The molecule has 1 unspecified atom stereocenters. The highest BCUT2D eigenvalue weighted by molar-refractivity contribution is 5.81. The minimum atomic E-state index is -2.79. The maximum atomic E-state index is 12.4. The number of alkyl halides is 2. The number of halogens is 2. The van der Waals surface area contributed by atoms with Crippen LogP contribution < -0.4 is 0 Å². The third-order valence-corrected chi connectivity index (χ3v) is 2.22. The predicted octanol–water partition coefficient (Wildman–Crippen LogP) is 2.53. The molecule has 0 aliphatic rings. The number of aliphatic hydroxyl groups is 1. The smallest absolute Gasteiger partial charge is 0.268 e. The van der Waals surface area contributed by atoms with Crippen molar-refractivity contribution in [3.63, 3.8) is 0 Å². The van der Waals surface area contributed by atoms with Gasteiger partial charge in [0.2, 0.25) is 0 Å². The molecule has 78 valence electrons. The first-order valence-corrected chi connectivity index (χ1v) is 4.50. The number of para-hydroxylation sites is 1. The van der Waals surface area contributed by atoms with Crippen LogP contribution in [0.4, 0.5) is 8.78 Å². The summed E-state index contributed by atoms with van der Waals surface area (Å²) in [7, 11) is 0. The fourth-order valence-corrected chi connectivity index (χ4v) is 1.50. The quantitative estimate of drug-likeness (QED) is 0.824. The van der Waals surface area contributed by atoms with Gasteiger partial charge in [0.15, 0.2) is 0 Å². The van der Waals surface area contributed by atoms with E-state index in [-0.39, 0.29) is 5.56 Å². The van der Waals surface area contributed by atoms with Crippen molar-refractivity contribution in [1.82, 2.24) is 4.98 Å². The highest BCUT2D eigenvalue weighted by Gasteiger charge is 2.21. The van der Waals surface area contributed by atoms with Crippen LogP contribution in [-0.4, -0.2) is 16.5 Å². The minimum absolute atomic E-state index is 0.170. The molecule has 1 aromatic heterocycles. The first-order chi connectivity index (χ1) is 7.20. The summed E-state index contributed by atoms with van der Waals surface area (Å²) in [6.45, 7) is 0. The fraction of sp³-hybridized carbons (Fsp3) is 0.182. The molecule has 2 rings (SSSR count). The summed E-state index contributed by atoms with van der Waals surface area (Å²) in [4.78, 5) is 3.99. The van der Waals surface area contributed by atoms with Crippen molar-refractivity contribution in [2.45, 2.75) is 12.5 Å². The monoisotopic (exact) mass is 209 g/mol. The first-order valence-electron chi connectivity index (χ1n) is 4.50. The lowest BCUT2D eigenvalue weighted by Crippen LogP contribution is -2.08. The van der Waals surface area contributed by atoms with E-state index in [2.05, 4.69) is 4.98 Å². The van der Waals surface area contributed by atoms with Crippen LogP contribution in [0.25, 0.3) is 10.9 Å². The second-order valence-corrected chi connectivity index (χ2v) is 3.20. The highest BCUT2D eigenvalue weighted by atomic mass is 19.3. The zero-order valence-electron chi connectivity index (χ0n) is 7.77. The summed E-state index contributed by atoms with van der Waals surface area (Å²) >= 11 is 0. The minimum Gasteiger partial charge on any atom is -0.382 e. The molecule has 2 nitrogen and oxygen atoms in total. The average molecular weight is 209 g/mol. The number of rotatable bonds is 2. The highest BCUT2D eigenvalue weighted by Crippen LogP contribution is 2.26. The second kappa shape index (κ2) is 3.90. The SMILES string of the molecule is OC(c1cccc2cccnc12)C(F)F. The van der Waals surface area contributed by atoms with Crippen molar-refractivity contribution >= 4 is 10.9 Å². The van der Waals surface area contributed by atoms with E-state index in [0.29, 0.717) is 5.52 Å². The van der Waals surface area contributed by atoms with Crippen molar-refractivity contribution in [3.8, 4) is 0 Å². The number of hydrogen-bond donors (Lipinski definition) is 1. The molecular formula is C11H9F2NO. The second-order valence-electron chi connectivity index (χ2n) is 3.20. The number of nitrogens with zero attached hydrogens (tertiary/aromatic N) is 1. The molecule has 4 heteroatoms. The number of pyridine rings is 1. The summed E-state index contributed by atoms with van der Waals surface area (Å²) in [6, 6.07) is 8.35. The van der Waals surface area contributed by atoms with Crippen LogP contribution >= 0.6 is 0 Å². The molecule has 0 aliphatic carbocycles. The third kappa shape index (κ3) is 1.80. The van der Waals surface area contributed by atoms with Gasteiger partial charge >= 0.3 is 0 Å². The van der Waals surface area contributed by atoms with Crippen LogP contribution in [0, 0.1) is 0 Å². The molecule has 1 N–H and O–H groups in total. The predicted molar refractivity (Wildman–Crippen MR) is 52.7 cm³/mol. The molecule has 0 bridgehead atoms. The summed E-state index contributed by atoms with van der Waals surface area (Å²) in [5.41, 5.74) is 0.593. The third-order valence-electron chi connectivity index (χ3n) is 2.22. The molecule has 1 aromatic carbocycles. The topological polar surface area (TPSA) is 33.1 Å². The standard InChI is InChI=1S/C11H9F2NO/c12-11(13)10(15)8-5-1-3-7-4-2-6-14-9(7)8/h1-6,10-11,15H. The van der Waals surface area contributed by atoms with Gasteiger partial charge in [-0.3, -0.25) is 4.98 Å². The van der Waals surface area contributed by atoms with E-state index in [1.54, 1.807) is 24.3 Å². The van der Waals surface area contributed by atoms with Crippen LogP contribution in [-0.2, 0) is 0 Å². The Kier molecular flexibility index (Phi) is 2.60. The number of fused-ring (bicyclic) bond motifs is 1. The van der Waals surface area contributed by atoms with Crippen molar-refractivity contribution in [1.29, 1.82) is 0 Å². The van der Waals surface area contributed by atoms with E-state index in [9.17, 15) is 13.9 Å². The Bertz CT molecular complexity index is 468. The molecule has 0 amide bonds. The Balaban J connectivity index is 2.60. The Morgan fingerprint density at radius 2 is 1.87 bits per heavy atom. The van der Waals surface area contributed by atoms with Crippen molar-refractivity contribution in [2.75, 3.05) is 0 Å². The van der Waals surface area contributed by atoms with E-state index >= 15 is 0 Å². The summed E-state index contributed by atoms with van der Waals surface area (Å²) < 4.78 is 24.7. The molecule has 1 atom stereocenters. The van der Waals surface area contributed by atoms with Gasteiger partial charge in [-0.15, -0.1) is 0 Å². The van der Waals surface area contributed by atoms with Gasteiger partial charge in [0, 0.05) is 17.1 Å². The molecule has 0 saturated carbocycles. The van der Waals surface area contributed by atoms with Crippen LogP contribution in [0.5, 0.6) is 0 Å². The number of aliphatic hydroxyl groups excluding tert-OH is 1. The van der Waals surface area contributed by atoms with E-state index in [1.165, 1.54) is 12.3 Å². The van der Waals surface area contributed by atoms with Gasteiger partial charge in [-0.1, -0.05) is 24.3 Å². The van der Waals surface area contributed by atoms with Crippen LogP contribution in [0.2, 0.25) is 0 Å².